The predicted octanol–water partition coefficient (Wildman–Crippen LogP) is 5.71. The number of hydrogen-bond acceptors (Lipinski definition) is 6. The Bertz CT molecular complexity index is 1560. The Morgan fingerprint density at radius 3 is 2.22 bits per heavy atom. The van der Waals surface area contributed by atoms with Gasteiger partial charge in [0.25, 0.3) is 5.91 Å². The van der Waals surface area contributed by atoms with Crippen LogP contribution in [0.2, 0.25) is 0 Å². The number of rotatable bonds is 10. The molecule has 0 spiro atoms. The molecule has 0 saturated heterocycles. The van der Waals surface area contributed by atoms with Crippen LogP contribution in [0.4, 0.5) is 11.4 Å². The molecule has 0 radical (unpaired) electrons. The van der Waals surface area contributed by atoms with Crippen LogP contribution in [0.1, 0.15) is 84.0 Å². The van der Waals surface area contributed by atoms with E-state index in [1.54, 1.807) is 31.2 Å². The van der Waals surface area contributed by atoms with Crippen molar-refractivity contribution in [1.82, 2.24) is 5.32 Å². The van der Waals surface area contributed by atoms with Gasteiger partial charge in [0.2, 0.25) is 0 Å². The van der Waals surface area contributed by atoms with Gasteiger partial charge < -0.3 is 20.1 Å². The minimum atomic E-state index is -3.39. The summed E-state index contributed by atoms with van der Waals surface area (Å²) in [7, 11) is -3.39. The summed E-state index contributed by atoms with van der Waals surface area (Å²) in [5.74, 6) is 0.376. The number of carboxylic acids is 1. The normalized spacial score (nSPS) is 17.3. The van der Waals surface area contributed by atoms with Crippen LogP contribution >= 0.6 is 0 Å². The fourth-order valence-electron chi connectivity index (χ4n) is 5.49. The molecule has 0 bridgehead atoms. The van der Waals surface area contributed by atoms with Crippen molar-refractivity contribution in [3.63, 3.8) is 0 Å². The Morgan fingerprint density at radius 2 is 1.63 bits per heavy atom. The molecule has 8 nitrogen and oxygen atoms in total. The zero-order valence-electron chi connectivity index (χ0n) is 23.0. The molecule has 1 heterocycles. The molecule has 0 unspecified atom stereocenters. The Morgan fingerprint density at radius 1 is 0.976 bits per heavy atom. The van der Waals surface area contributed by atoms with E-state index in [-0.39, 0.29) is 17.1 Å². The van der Waals surface area contributed by atoms with Gasteiger partial charge in [0, 0.05) is 11.3 Å². The summed E-state index contributed by atoms with van der Waals surface area (Å²) in [6.45, 7) is 2.76. The van der Waals surface area contributed by atoms with Crippen LogP contribution < -0.4 is 15.0 Å². The molecule has 1 aliphatic heterocycles. The molecular weight excluding hydrogens is 540 g/mol. The monoisotopic (exact) mass is 574 g/mol. The molecule has 2 saturated carbocycles. The fourth-order valence-corrected chi connectivity index (χ4v) is 6.38. The first-order valence-corrected chi connectivity index (χ1v) is 15.9. The summed E-state index contributed by atoms with van der Waals surface area (Å²) in [4.78, 5) is 27.3. The zero-order valence-corrected chi connectivity index (χ0v) is 23.8. The van der Waals surface area contributed by atoms with Crippen molar-refractivity contribution >= 4 is 33.1 Å². The summed E-state index contributed by atoms with van der Waals surface area (Å²) >= 11 is 0. The number of aliphatic carboxylic acids is 1. The van der Waals surface area contributed by atoms with Gasteiger partial charge in [0.05, 0.1) is 35.3 Å². The van der Waals surface area contributed by atoms with Crippen molar-refractivity contribution in [3.8, 4) is 5.75 Å². The number of carbonyl (C=O) groups is 2. The highest BCUT2D eigenvalue weighted by Crippen LogP contribution is 2.48. The van der Waals surface area contributed by atoms with Gasteiger partial charge in [-0.1, -0.05) is 25.1 Å². The highest BCUT2D eigenvalue weighted by atomic mass is 32.2. The van der Waals surface area contributed by atoms with Crippen molar-refractivity contribution in [2.75, 3.05) is 23.8 Å². The molecule has 3 aromatic rings. The third-order valence-corrected chi connectivity index (χ3v) is 9.91. The molecule has 2 N–H and O–H groups in total. The number of hydrogen-bond donors (Lipinski definition) is 2. The second-order valence-electron chi connectivity index (χ2n) is 11.2. The van der Waals surface area contributed by atoms with Crippen LogP contribution in [0, 0.1) is 0 Å². The van der Waals surface area contributed by atoms with Gasteiger partial charge >= 0.3 is 5.97 Å². The van der Waals surface area contributed by atoms with E-state index in [0.29, 0.717) is 41.9 Å². The summed E-state index contributed by atoms with van der Waals surface area (Å²) < 4.78 is 30.3. The average Bonchev–Trinajstić information content (AvgIpc) is 3.89. The van der Waals surface area contributed by atoms with Crippen LogP contribution in [0.25, 0.3) is 0 Å². The molecule has 0 aromatic heterocycles. The smallest absolute Gasteiger partial charge is 0.305 e. The molecule has 2 aliphatic carbocycles. The zero-order chi connectivity index (χ0) is 28.7. The highest BCUT2D eigenvalue weighted by Gasteiger charge is 2.30. The molecule has 1 amide bonds. The maximum Gasteiger partial charge on any atom is 0.305 e. The number of carboxylic acid groups (broad SMARTS) is 1. The van der Waals surface area contributed by atoms with Crippen molar-refractivity contribution in [2.45, 2.75) is 61.8 Å². The van der Waals surface area contributed by atoms with Gasteiger partial charge in [-0.3, -0.25) is 9.59 Å². The van der Waals surface area contributed by atoms with E-state index in [0.717, 1.165) is 11.4 Å². The van der Waals surface area contributed by atoms with E-state index in [2.05, 4.69) is 28.4 Å². The largest absolute Gasteiger partial charge is 0.490 e. The number of anilines is 2. The second-order valence-corrected chi connectivity index (χ2v) is 13.5. The number of ether oxygens (including phenoxy) is 1. The summed E-state index contributed by atoms with van der Waals surface area (Å²) in [6, 6.07) is 17.5. The first-order valence-electron chi connectivity index (χ1n) is 14.3. The first kappa shape index (κ1) is 27.3. The SMILES string of the molecule is CCS(=O)(=O)c1ccc([C@H](CC(=O)O)NC(=O)c2ccc3c(c2)OCCN3c2cc(C3CC3)cc(C3CC3)c2)cc1. The van der Waals surface area contributed by atoms with Crippen molar-refractivity contribution < 1.29 is 27.9 Å². The van der Waals surface area contributed by atoms with Crippen LogP contribution in [-0.2, 0) is 14.6 Å². The number of nitrogens with zero attached hydrogens (tertiary/aromatic N) is 1. The van der Waals surface area contributed by atoms with E-state index < -0.39 is 27.8 Å². The van der Waals surface area contributed by atoms with E-state index in [1.807, 2.05) is 6.07 Å². The lowest BCUT2D eigenvalue weighted by atomic mass is 10.0. The van der Waals surface area contributed by atoms with Gasteiger partial charge in [-0.15, -0.1) is 0 Å². The van der Waals surface area contributed by atoms with Crippen LogP contribution in [0.3, 0.4) is 0 Å². The minimum absolute atomic E-state index is 0.0346. The van der Waals surface area contributed by atoms with E-state index >= 15 is 0 Å². The number of sulfone groups is 1. The first-order chi connectivity index (χ1) is 19.7. The van der Waals surface area contributed by atoms with Gasteiger partial charge in [-0.25, -0.2) is 8.42 Å². The molecule has 3 aromatic carbocycles. The summed E-state index contributed by atoms with van der Waals surface area (Å²) in [5, 5.41) is 12.3. The lowest BCUT2D eigenvalue weighted by Gasteiger charge is -2.32. The maximum atomic E-state index is 13.3. The third kappa shape index (κ3) is 5.95. The van der Waals surface area contributed by atoms with E-state index in [1.165, 1.54) is 48.9 Å². The van der Waals surface area contributed by atoms with Crippen LogP contribution in [-0.4, -0.2) is 44.3 Å². The Kier molecular flexibility index (Phi) is 7.23. The van der Waals surface area contributed by atoms with E-state index in [9.17, 15) is 23.1 Å². The minimum Gasteiger partial charge on any atom is -0.490 e. The maximum absolute atomic E-state index is 13.3. The number of carbonyl (C=O) groups excluding carboxylic acids is 1. The molecule has 6 rings (SSSR count). The quantitative estimate of drug-likeness (QED) is 0.319. The Labute approximate surface area is 240 Å². The van der Waals surface area contributed by atoms with Gasteiger partial charge in [-0.2, -0.15) is 0 Å². The molecule has 3 aliphatic rings. The fraction of sp³-hybridized carbons (Fsp3) is 0.375. The van der Waals surface area contributed by atoms with Gasteiger partial charge in [0.1, 0.15) is 12.4 Å². The summed E-state index contributed by atoms with van der Waals surface area (Å²) in [5.41, 5.74) is 5.76. The molecule has 41 heavy (non-hydrogen) atoms. The molecule has 1 atom stereocenters. The number of amides is 1. The molecule has 2 fully saturated rings. The van der Waals surface area contributed by atoms with Crippen LogP contribution in [0.5, 0.6) is 5.75 Å². The standard InChI is InChI=1S/C32H34N2O6S/c1-2-41(38,39)27-10-7-22(8-11-27)28(19-31(35)36)33-32(37)23-9-12-29-30(18-23)40-14-13-34(29)26-16-24(20-3-4-20)15-25(17-26)21-5-6-21/h7-12,15-18,20-21,28H,2-6,13-14,19H2,1H3,(H,33,37)(H,35,36)/t28-/m0/s1. The van der Waals surface area contributed by atoms with Crippen molar-refractivity contribution in [2.24, 2.45) is 0 Å². The average molecular weight is 575 g/mol. The predicted molar refractivity (Wildman–Crippen MR) is 156 cm³/mol. The Hall–Kier alpha value is -3.85. The van der Waals surface area contributed by atoms with Gasteiger partial charge in [0.15, 0.2) is 9.84 Å². The highest BCUT2D eigenvalue weighted by molar-refractivity contribution is 7.91. The molecule has 9 heteroatoms. The molecule has 214 valence electrons. The van der Waals surface area contributed by atoms with Crippen LogP contribution in [0.15, 0.2) is 65.6 Å². The number of nitrogens with one attached hydrogen (secondary N) is 1. The lowest BCUT2D eigenvalue weighted by molar-refractivity contribution is -0.137. The Balaban J connectivity index is 1.24. The number of benzene rings is 3. The number of fused-ring (bicyclic) bond motifs is 1. The van der Waals surface area contributed by atoms with E-state index in [4.69, 9.17) is 4.74 Å². The summed E-state index contributed by atoms with van der Waals surface area (Å²) in [6.07, 6.45) is 4.64. The molecular formula is C32H34N2O6S. The second kappa shape index (κ2) is 10.9. The van der Waals surface area contributed by atoms with Crippen molar-refractivity contribution in [1.29, 1.82) is 0 Å². The van der Waals surface area contributed by atoms with Crippen molar-refractivity contribution in [3.05, 3.63) is 82.9 Å². The topological polar surface area (TPSA) is 113 Å². The van der Waals surface area contributed by atoms with Gasteiger partial charge in [-0.05, 0) is 96.7 Å². The third-order valence-electron chi connectivity index (χ3n) is 8.16. The lowest BCUT2D eigenvalue weighted by Crippen LogP contribution is -2.31.